The van der Waals surface area contributed by atoms with Crippen LogP contribution < -0.4 is 4.74 Å². The van der Waals surface area contributed by atoms with Gasteiger partial charge in [0.15, 0.2) is 0 Å². The van der Waals surface area contributed by atoms with Crippen LogP contribution in [0.5, 0.6) is 5.75 Å². The van der Waals surface area contributed by atoms with E-state index in [0.29, 0.717) is 13.2 Å². The molecular formula is C15H20O3. The Labute approximate surface area is 109 Å². The van der Waals surface area contributed by atoms with Crippen molar-refractivity contribution in [1.29, 1.82) is 0 Å². The molecular weight excluding hydrogens is 228 g/mol. The van der Waals surface area contributed by atoms with Crippen LogP contribution in [-0.2, 0) is 4.74 Å². The predicted octanol–water partition coefficient (Wildman–Crippen LogP) is 2.14. The van der Waals surface area contributed by atoms with Crippen molar-refractivity contribution in [2.45, 2.75) is 20.3 Å². The average Bonchev–Trinajstić information content (AvgIpc) is 2.38. The fourth-order valence-electron chi connectivity index (χ4n) is 1.49. The zero-order valence-electron chi connectivity index (χ0n) is 11.0. The number of ether oxygens (including phenoxy) is 2. The highest BCUT2D eigenvalue weighted by Crippen LogP contribution is 2.19. The van der Waals surface area contributed by atoms with Crippen LogP contribution in [0.2, 0.25) is 0 Å². The Morgan fingerprint density at radius 1 is 1.28 bits per heavy atom. The Kier molecular flexibility index (Phi) is 6.93. The number of benzene rings is 1. The zero-order chi connectivity index (χ0) is 13.2. The highest BCUT2D eigenvalue weighted by Gasteiger charge is 2.01. The largest absolute Gasteiger partial charge is 0.492 e. The van der Waals surface area contributed by atoms with E-state index in [0.717, 1.165) is 29.9 Å². The number of hydrogen-bond donors (Lipinski definition) is 1. The first-order valence-corrected chi connectivity index (χ1v) is 6.19. The molecule has 0 aromatic heterocycles. The maximum absolute atomic E-state index is 8.73. The Morgan fingerprint density at radius 3 is 2.83 bits per heavy atom. The number of aliphatic hydroxyl groups excluding tert-OH is 1. The molecule has 0 amide bonds. The van der Waals surface area contributed by atoms with Gasteiger partial charge in [-0.3, -0.25) is 0 Å². The molecule has 0 fully saturated rings. The SMILES string of the molecule is CCOCCCOc1ccc(C)cc1C#CCO. The summed E-state index contributed by atoms with van der Waals surface area (Å²) in [6, 6.07) is 5.86. The molecule has 0 aliphatic heterocycles. The average molecular weight is 248 g/mol. The molecule has 0 saturated carbocycles. The quantitative estimate of drug-likeness (QED) is 0.619. The van der Waals surface area contributed by atoms with Crippen LogP contribution in [-0.4, -0.2) is 31.5 Å². The molecule has 0 radical (unpaired) electrons. The topological polar surface area (TPSA) is 38.7 Å². The molecule has 1 N–H and O–H groups in total. The molecule has 0 aliphatic rings. The molecule has 3 heteroatoms. The summed E-state index contributed by atoms with van der Waals surface area (Å²) in [6.07, 6.45) is 0.856. The van der Waals surface area contributed by atoms with Crippen molar-refractivity contribution in [1.82, 2.24) is 0 Å². The standard InChI is InChI=1S/C15H20O3/c1-3-17-10-5-11-18-15-8-7-13(2)12-14(15)6-4-9-16/h7-8,12,16H,3,5,9-11H2,1-2H3. The van der Waals surface area contributed by atoms with Gasteiger partial charge >= 0.3 is 0 Å². The lowest BCUT2D eigenvalue weighted by molar-refractivity contribution is 0.131. The molecule has 0 atom stereocenters. The second kappa shape index (κ2) is 8.57. The maximum Gasteiger partial charge on any atom is 0.134 e. The fraction of sp³-hybridized carbons (Fsp3) is 0.467. The van der Waals surface area contributed by atoms with E-state index in [9.17, 15) is 0 Å². The summed E-state index contributed by atoms with van der Waals surface area (Å²) in [5.41, 5.74) is 1.94. The van der Waals surface area contributed by atoms with Crippen molar-refractivity contribution in [3.05, 3.63) is 29.3 Å². The molecule has 0 spiro atoms. The van der Waals surface area contributed by atoms with Gasteiger partial charge in [-0.05, 0) is 31.5 Å². The van der Waals surface area contributed by atoms with Crippen LogP contribution in [0.15, 0.2) is 18.2 Å². The first kappa shape index (κ1) is 14.6. The van der Waals surface area contributed by atoms with Crippen molar-refractivity contribution in [2.75, 3.05) is 26.4 Å². The van der Waals surface area contributed by atoms with Crippen molar-refractivity contribution in [3.8, 4) is 17.6 Å². The molecule has 0 aliphatic carbocycles. The molecule has 1 rings (SSSR count). The van der Waals surface area contributed by atoms with Gasteiger partial charge in [-0.25, -0.2) is 0 Å². The van der Waals surface area contributed by atoms with Gasteiger partial charge < -0.3 is 14.6 Å². The Hall–Kier alpha value is -1.50. The summed E-state index contributed by atoms with van der Waals surface area (Å²) in [4.78, 5) is 0. The smallest absolute Gasteiger partial charge is 0.134 e. The van der Waals surface area contributed by atoms with Crippen molar-refractivity contribution < 1.29 is 14.6 Å². The third-order valence-electron chi connectivity index (χ3n) is 2.33. The minimum atomic E-state index is -0.141. The van der Waals surface area contributed by atoms with Crippen LogP contribution in [0.4, 0.5) is 0 Å². The van der Waals surface area contributed by atoms with Gasteiger partial charge in [0.05, 0.1) is 12.2 Å². The van der Waals surface area contributed by atoms with E-state index in [1.807, 2.05) is 32.0 Å². The molecule has 0 saturated heterocycles. The Morgan fingerprint density at radius 2 is 2.11 bits per heavy atom. The normalized spacial score (nSPS) is 9.72. The van der Waals surface area contributed by atoms with Gasteiger partial charge in [0.2, 0.25) is 0 Å². The van der Waals surface area contributed by atoms with Crippen molar-refractivity contribution >= 4 is 0 Å². The van der Waals surface area contributed by atoms with Gasteiger partial charge in [0, 0.05) is 19.6 Å². The molecule has 18 heavy (non-hydrogen) atoms. The predicted molar refractivity (Wildman–Crippen MR) is 71.7 cm³/mol. The van der Waals surface area contributed by atoms with Crippen LogP contribution in [0.25, 0.3) is 0 Å². The summed E-state index contributed by atoms with van der Waals surface area (Å²) in [7, 11) is 0. The van der Waals surface area contributed by atoms with Crippen LogP contribution in [0.1, 0.15) is 24.5 Å². The van der Waals surface area contributed by atoms with E-state index in [1.165, 1.54) is 0 Å². The monoisotopic (exact) mass is 248 g/mol. The lowest BCUT2D eigenvalue weighted by Gasteiger charge is -2.09. The summed E-state index contributed by atoms with van der Waals surface area (Å²) in [5.74, 6) is 6.31. The molecule has 1 aromatic carbocycles. The van der Waals surface area contributed by atoms with Gasteiger partial charge in [0.25, 0.3) is 0 Å². The lowest BCUT2D eigenvalue weighted by atomic mass is 10.1. The molecule has 0 unspecified atom stereocenters. The summed E-state index contributed by atoms with van der Waals surface area (Å²) >= 11 is 0. The Bertz CT molecular complexity index is 415. The third-order valence-corrected chi connectivity index (χ3v) is 2.33. The molecule has 1 aromatic rings. The van der Waals surface area contributed by atoms with E-state index in [1.54, 1.807) is 0 Å². The lowest BCUT2D eigenvalue weighted by Crippen LogP contribution is -2.04. The summed E-state index contributed by atoms with van der Waals surface area (Å²) in [6.45, 7) is 5.89. The molecule has 0 bridgehead atoms. The van der Waals surface area contributed by atoms with E-state index < -0.39 is 0 Å². The van der Waals surface area contributed by atoms with E-state index >= 15 is 0 Å². The molecule has 0 heterocycles. The van der Waals surface area contributed by atoms with Crippen LogP contribution in [0.3, 0.4) is 0 Å². The second-order valence-corrected chi connectivity index (χ2v) is 3.86. The van der Waals surface area contributed by atoms with Gasteiger partial charge in [-0.1, -0.05) is 17.9 Å². The van der Waals surface area contributed by atoms with Gasteiger partial charge in [0.1, 0.15) is 12.4 Å². The van der Waals surface area contributed by atoms with Crippen LogP contribution in [0, 0.1) is 18.8 Å². The first-order valence-electron chi connectivity index (χ1n) is 6.19. The maximum atomic E-state index is 8.73. The van der Waals surface area contributed by atoms with Crippen molar-refractivity contribution in [2.24, 2.45) is 0 Å². The minimum Gasteiger partial charge on any atom is -0.492 e. The van der Waals surface area contributed by atoms with Crippen molar-refractivity contribution in [3.63, 3.8) is 0 Å². The number of rotatable bonds is 6. The molecule has 3 nitrogen and oxygen atoms in total. The number of aryl methyl sites for hydroxylation is 1. The van der Waals surface area contributed by atoms with E-state index in [4.69, 9.17) is 14.6 Å². The van der Waals surface area contributed by atoms with Gasteiger partial charge in [-0.2, -0.15) is 0 Å². The van der Waals surface area contributed by atoms with E-state index in [2.05, 4.69) is 11.8 Å². The van der Waals surface area contributed by atoms with Crippen LogP contribution >= 0.6 is 0 Å². The highest BCUT2D eigenvalue weighted by atomic mass is 16.5. The Balaban J connectivity index is 2.58. The fourth-order valence-corrected chi connectivity index (χ4v) is 1.49. The summed E-state index contributed by atoms with van der Waals surface area (Å²) in [5, 5.41) is 8.73. The zero-order valence-corrected chi connectivity index (χ0v) is 11.0. The molecule has 98 valence electrons. The second-order valence-electron chi connectivity index (χ2n) is 3.86. The van der Waals surface area contributed by atoms with E-state index in [-0.39, 0.29) is 6.61 Å². The van der Waals surface area contributed by atoms with Gasteiger partial charge in [-0.15, -0.1) is 0 Å². The highest BCUT2D eigenvalue weighted by molar-refractivity contribution is 5.48. The minimum absolute atomic E-state index is 0.141. The third kappa shape index (κ3) is 5.22. The number of hydrogen-bond acceptors (Lipinski definition) is 3. The summed E-state index contributed by atoms with van der Waals surface area (Å²) < 4.78 is 10.9. The first-order chi connectivity index (χ1) is 8.77. The number of aliphatic hydroxyl groups is 1.